The van der Waals surface area contributed by atoms with Crippen molar-refractivity contribution in [1.29, 1.82) is 0 Å². The van der Waals surface area contributed by atoms with E-state index in [0.29, 0.717) is 0 Å². The van der Waals surface area contributed by atoms with Crippen molar-refractivity contribution in [3.63, 3.8) is 0 Å². The number of rotatable bonds is 0. The second kappa shape index (κ2) is 1.79. The molecule has 0 spiro atoms. The Morgan fingerprint density at radius 2 is 2.00 bits per heavy atom. The van der Waals surface area contributed by atoms with Gasteiger partial charge in [0.25, 0.3) is 0 Å². The zero-order valence-corrected chi connectivity index (χ0v) is 4.31. The van der Waals surface area contributed by atoms with Crippen LogP contribution >= 0.6 is 0 Å². The van der Waals surface area contributed by atoms with Gasteiger partial charge in [-0.1, -0.05) is 0 Å². The highest BCUT2D eigenvalue weighted by molar-refractivity contribution is 5.27. The summed E-state index contributed by atoms with van der Waals surface area (Å²) in [6.45, 7) is 0. The summed E-state index contributed by atoms with van der Waals surface area (Å²) in [5.41, 5.74) is -0.692. The van der Waals surface area contributed by atoms with Crippen molar-refractivity contribution in [3.8, 4) is 0 Å². The van der Waals surface area contributed by atoms with Gasteiger partial charge in [0.2, 0.25) is 0 Å². The quantitative estimate of drug-likeness (QED) is 0.477. The molecule has 0 aromatic carbocycles. The van der Waals surface area contributed by atoms with E-state index in [9.17, 15) is 13.2 Å². The summed E-state index contributed by atoms with van der Waals surface area (Å²) in [4.78, 5) is 0. The Labute approximate surface area is 49.9 Å². The molecule has 1 rings (SSSR count). The monoisotopic (exact) mass is 134 g/mol. The predicted molar refractivity (Wildman–Crippen MR) is 25.4 cm³/mol. The van der Waals surface area contributed by atoms with E-state index in [1.165, 1.54) is 0 Å². The molecule has 0 aromatic rings. The van der Waals surface area contributed by atoms with Gasteiger partial charge in [-0.3, -0.25) is 5.32 Å². The average Bonchev–Trinajstić information content (AvgIpc) is 2.08. The first-order chi connectivity index (χ1) is 4.11. The van der Waals surface area contributed by atoms with E-state index < -0.39 is 11.7 Å². The fourth-order valence-corrected chi connectivity index (χ4v) is 0.457. The standard InChI is InChI=1S/C5H3F3N/c6-5(7,8)4-1-2-9-3-4/h1-3H. The van der Waals surface area contributed by atoms with Gasteiger partial charge in [0.15, 0.2) is 0 Å². The lowest BCUT2D eigenvalue weighted by Gasteiger charge is -2.01. The molecule has 9 heavy (non-hydrogen) atoms. The molecule has 1 heterocycles. The Bertz CT molecular complexity index is 166. The van der Waals surface area contributed by atoms with E-state index in [2.05, 4.69) is 5.32 Å². The maximum Gasteiger partial charge on any atom is 0.417 e. The van der Waals surface area contributed by atoms with Gasteiger partial charge >= 0.3 is 6.18 Å². The third kappa shape index (κ3) is 1.25. The molecule has 49 valence electrons. The van der Waals surface area contributed by atoms with Crippen LogP contribution in [0.2, 0.25) is 0 Å². The Morgan fingerprint density at radius 1 is 1.33 bits per heavy atom. The van der Waals surface area contributed by atoms with Crippen molar-refractivity contribution in [2.75, 3.05) is 0 Å². The molecule has 1 radical (unpaired) electrons. The zero-order chi connectivity index (χ0) is 6.91. The van der Waals surface area contributed by atoms with E-state index in [0.717, 1.165) is 18.5 Å². The van der Waals surface area contributed by atoms with Crippen molar-refractivity contribution in [1.82, 2.24) is 5.32 Å². The number of allylic oxidation sites excluding steroid dienone is 2. The van der Waals surface area contributed by atoms with Gasteiger partial charge in [0.1, 0.15) is 0 Å². The lowest BCUT2D eigenvalue weighted by molar-refractivity contribution is -0.0881. The summed E-state index contributed by atoms with van der Waals surface area (Å²) in [5.74, 6) is 0. The zero-order valence-electron chi connectivity index (χ0n) is 4.31. The van der Waals surface area contributed by atoms with Crippen LogP contribution in [0, 0.1) is 0 Å². The molecule has 4 heteroatoms. The van der Waals surface area contributed by atoms with Gasteiger partial charge in [-0.25, -0.2) is 0 Å². The summed E-state index contributed by atoms with van der Waals surface area (Å²) < 4.78 is 34.7. The first kappa shape index (κ1) is 6.19. The summed E-state index contributed by atoms with van der Waals surface area (Å²) in [5, 5.41) is 3.27. The van der Waals surface area contributed by atoms with Crippen molar-refractivity contribution >= 4 is 0 Å². The molecule has 1 aliphatic heterocycles. The van der Waals surface area contributed by atoms with Gasteiger partial charge in [-0.15, -0.1) is 0 Å². The van der Waals surface area contributed by atoms with Gasteiger partial charge in [-0.2, -0.15) is 13.2 Å². The number of nitrogens with zero attached hydrogens (tertiary/aromatic N) is 1. The molecule has 0 aliphatic carbocycles. The minimum Gasteiger partial charge on any atom is -0.264 e. The van der Waals surface area contributed by atoms with Crippen LogP contribution in [-0.2, 0) is 0 Å². The fraction of sp³-hybridized carbons (Fsp3) is 0.200. The van der Waals surface area contributed by atoms with Gasteiger partial charge in [0.05, 0.1) is 5.57 Å². The van der Waals surface area contributed by atoms with Crippen LogP contribution in [0.4, 0.5) is 13.2 Å². The molecular weight excluding hydrogens is 131 g/mol. The van der Waals surface area contributed by atoms with Crippen LogP contribution in [0.25, 0.3) is 0 Å². The molecule has 1 aliphatic rings. The molecule has 0 aromatic heterocycles. The first-order valence-electron chi connectivity index (χ1n) is 2.24. The normalized spacial score (nSPS) is 17.4. The molecule has 0 fully saturated rings. The summed E-state index contributed by atoms with van der Waals surface area (Å²) >= 11 is 0. The minimum absolute atomic E-state index is 0.692. The minimum atomic E-state index is -4.24. The SMILES string of the molecule is FC(F)(F)C1=C[N]C=C1. The van der Waals surface area contributed by atoms with E-state index in [-0.39, 0.29) is 0 Å². The van der Waals surface area contributed by atoms with Gasteiger partial charge < -0.3 is 0 Å². The second-order valence-corrected chi connectivity index (χ2v) is 1.55. The average molecular weight is 134 g/mol. The van der Waals surface area contributed by atoms with Crippen LogP contribution in [0.1, 0.15) is 0 Å². The topological polar surface area (TPSA) is 14.1 Å². The van der Waals surface area contributed by atoms with Crippen molar-refractivity contribution in [2.45, 2.75) is 6.18 Å². The Hall–Kier alpha value is -0.930. The highest BCUT2D eigenvalue weighted by Crippen LogP contribution is 2.27. The van der Waals surface area contributed by atoms with Crippen LogP contribution in [0.5, 0.6) is 0 Å². The molecule has 0 atom stereocenters. The van der Waals surface area contributed by atoms with E-state index in [1.807, 2.05) is 0 Å². The van der Waals surface area contributed by atoms with Crippen molar-refractivity contribution < 1.29 is 13.2 Å². The molecule has 0 unspecified atom stereocenters. The third-order valence-electron chi connectivity index (χ3n) is 0.881. The lowest BCUT2D eigenvalue weighted by atomic mass is 10.3. The van der Waals surface area contributed by atoms with Gasteiger partial charge in [0, 0.05) is 12.4 Å². The molecule has 0 N–H and O–H groups in total. The summed E-state index contributed by atoms with van der Waals surface area (Å²) in [6, 6.07) is 0. The molecule has 0 amide bonds. The van der Waals surface area contributed by atoms with Crippen LogP contribution in [0.3, 0.4) is 0 Å². The number of halogens is 3. The van der Waals surface area contributed by atoms with Crippen LogP contribution < -0.4 is 5.32 Å². The number of hydrogen-bond acceptors (Lipinski definition) is 0. The Morgan fingerprint density at radius 3 is 2.22 bits per heavy atom. The van der Waals surface area contributed by atoms with Crippen LogP contribution in [0.15, 0.2) is 24.0 Å². The summed E-state index contributed by atoms with van der Waals surface area (Å²) in [7, 11) is 0. The maximum absolute atomic E-state index is 11.6. The highest BCUT2D eigenvalue weighted by atomic mass is 19.4. The fourth-order valence-electron chi connectivity index (χ4n) is 0.457. The second-order valence-electron chi connectivity index (χ2n) is 1.55. The van der Waals surface area contributed by atoms with Crippen molar-refractivity contribution in [2.24, 2.45) is 0 Å². The largest absolute Gasteiger partial charge is 0.417 e. The van der Waals surface area contributed by atoms with Crippen LogP contribution in [-0.4, -0.2) is 6.18 Å². The van der Waals surface area contributed by atoms with E-state index >= 15 is 0 Å². The number of hydrogen-bond donors (Lipinski definition) is 0. The van der Waals surface area contributed by atoms with E-state index in [4.69, 9.17) is 0 Å². The number of alkyl halides is 3. The smallest absolute Gasteiger partial charge is 0.264 e. The van der Waals surface area contributed by atoms with E-state index in [1.54, 1.807) is 0 Å². The molecular formula is C5H3F3N. The maximum atomic E-state index is 11.6. The molecule has 0 saturated heterocycles. The molecule has 0 bridgehead atoms. The van der Waals surface area contributed by atoms with Gasteiger partial charge in [-0.05, 0) is 6.08 Å². The predicted octanol–water partition coefficient (Wildman–Crippen LogP) is 1.56. The third-order valence-corrected chi connectivity index (χ3v) is 0.881. The lowest BCUT2D eigenvalue weighted by Crippen LogP contribution is -2.08. The summed E-state index contributed by atoms with van der Waals surface area (Å²) in [6.07, 6.45) is -1.40. The highest BCUT2D eigenvalue weighted by Gasteiger charge is 2.32. The molecule has 1 nitrogen and oxygen atoms in total. The Balaban J connectivity index is 2.73. The first-order valence-corrected chi connectivity index (χ1v) is 2.24. The van der Waals surface area contributed by atoms with Crippen molar-refractivity contribution in [3.05, 3.63) is 24.0 Å². The Kier molecular flexibility index (Phi) is 1.23. The molecule has 0 saturated carbocycles.